The lowest BCUT2D eigenvalue weighted by Crippen LogP contribution is -2.66. The Kier molecular flexibility index (Phi) is 2.65. The van der Waals surface area contributed by atoms with Crippen molar-refractivity contribution in [3.05, 3.63) is 0 Å². The molecule has 4 atom stereocenters. The third-order valence-corrected chi connectivity index (χ3v) is 5.88. The quantitative estimate of drug-likeness (QED) is 0.653. The summed E-state index contributed by atoms with van der Waals surface area (Å²) in [7, 11) is 0. The van der Waals surface area contributed by atoms with E-state index in [0.29, 0.717) is 11.9 Å². The predicted molar refractivity (Wildman–Crippen MR) is 70.2 cm³/mol. The molecule has 0 spiro atoms. The summed E-state index contributed by atoms with van der Waals surface area (Å²) in [5.74, 6) is 2.02. The molecular formula is C15H24N2O. The lowest BCUT2D eigenvalue weighted by Gasteiger charge is -2.58. The van der Waals surface area contributed by atoms with E-state index < -0.39 is 0 Å². The van der Waals surface area contributed by atoms with Gasteiger partial charge in [0.15, 0.2) is 0 Å². The number of carbonyl (C=O) groups is 1. The molecule has 0 aromatic carbocycles. The number of nitrogens with zero attached hydrogens (tertiary/aromatic N) is 2. The fourth-order valence-electron chi connectivity index (χ4n) is 5.26. The SMILES string of the molecule is O=C1CCCC2[C@H]3CCCN4CCC[C@@H](CN12)[C@@H]34. The molecule has 3 nitrogen and oxygen atoms in total. The smallest absolute Gasteiger partial charge is 0.222 e. The minimum absolute atomic E-state index is 0.451. The Morgan fingerprint density at radius 2 is 1.83 bits per heavy atom. The summed E-state index contributed by atoms with van der Waals surface area (Å²) in [6.45, 7) is 3.71. The molecule has 0 aliphatic carbocycles. The Morgan fingerprint density at radius 1 is 1.00 bits per heavy atom. The highest BCUT2D eigenvalue weighted by Crippen LogP contribution is 2.44. The molecule has 100 valence electrons. The van der Waals surface area contributed by atoms with Gasteiger partial charge in [-0.2, -0.15) is 0 Å². The van der Waals surface area contributed by atoms with Crippen LogP contribution in [0.4, 0.5) is 0 Å². The highest BCUT2D eigenvalue weighted by atomic mass is 16.2. The molecule has 3 heteroatoms. The first-order chi connectivity index (χ1) is 8.84. The highest BCUT2D eigenvalue weighted by molar-refractivity contribution is 5.77. The second-order valence-electron chi connectivity index (χ2n) is 6.74. The van der Waals surface area contributed by atoms with E-state index in [1.165, 1.54) is 45.2 Å². The maximum Gasteiger partial charge on any atom is 0.222 e. The molecule has 1 amide bonds. The number of carbonyl (C=O) groups excluding carboxylic acids is 1. The van der Waals surface area contributed by atoms with Gasteiger partial charge in [-0.05, 0) is 63.5 Å². The van der Waals surface area contributed by atoms with Crippen LogP contribution in [0.1, 0.15) is 44.9 Å². The normalized spacial score (nSPS) is 44.4. The van der Waals surface area contributed by atoms with Gasteiger partial charge < -0.3 is 4.90 Å². The van der Waals surface area contributed by atoms with E-state index >= 15 is 0 Å². The molecule has 4 fully saturated rings. The second kappa shape index (κ2) is 4.22. The summed E-state index contributed by atoms with van der Waals surface area (Å²) in [5, 5.41) is 0. The molecule has 0 N–H and O–H groups in total. The van der Waals surface area contributed by atoms with E-state index in [4.69, 9.17) is 0 Å². The molecule has 4 aliphatic rings. The van der Waals surface area contributed by atoms with Gasteiger partial charge in [0.05, 0.1) is 0 Å². The average molecular weight is 248 g/mol. The Balaban J connectivity index is 1.66. The van der Waals surface area contributed by atoms with Gasteiger partial charge in [-0.3, -0.25) is 9.69 Å². The molecule has 1 unspecified atom stereocenters. The van der Waals surface area contributed by atoms with Crippen LogP contribution >= 0.6 is 0 Å². The van der Waals surface area contributed by atoms with Crippen LogP contribution in [0.25, 0.3) is 0 Å². The van der Waals surface area contributed by atoms with Gasteiger partial charge in [0.25, 0.3) is 0 Å². The first-order valence-corrected chi connectivity index (χ1v) is 7.88. The van der Waals surface area contributed by atoms with Crippen molar-refractivity contribution >= 4 is 5.91 Å². The molecule has 0 saturated carbocycles. The second-order valence-corrected chi connectivity index (χ2v) is 6.74. The fourth-order valence-corrected chi connectivity index (χ4v) is 5.26. The largest absolute Gasteiger partial charge is 0.339 e. The molecule has 4 aliphatic heterocycles. The zero-order chi connectivity index (χ0) is 12.1. The van der Waals surface area contributed by atoms with Gasteiger partial charge in [0.2, 0.25) is 5.91 Å². The summed E-state index contributed by atoms with van der Waals surface area (Å²) in [6, 6.07) is 1.41. The molecule has 0 bridgehead atoms. The van der Waals surface area contributed by atoms with E-state index in [1.807, 2.05) is 0 Å². The average Bonchev–Trinajstić information content (AvgIpc) is 2.41. The molecule has 4 heterocycles. The zero-order valence-corrected chi connectivity index (χ0v) is 11.2. The van der Waals surface area contributed by atoms with Crippen LogP contribution in [0.5, 0.6) is 0 Å². The van der Waals surface area contributed by atoms with Crippen LogP contribution in [0.15, 0.2) is 0 Å². The van der Waals surface area contributed by atoms with Crippen molar-refractivity contribution in [3.8, 4) is 0 Å². The van der Waals surface area contributed by atoms with Crippen molar-refractivity contribution in [2.24, 2.45) is 11.8 Å². The third kappa shape index (κ3) is 1.56. The van der Waals surface area contributed by atoms with Crippen LogP contribution in [-0.4, -0.2) is 47.4 Å². The van der Waals surface area contributed by atoms with Gasteiger partial charge in [-0.1, -0.05) is 0 Å². The number of hydrogen-bond acceptors (Lipinski definition) is 2. The van der Waals surface area contributed by atoms with Crippen molar-refractivity contribution in [3.63, 3.8) is 0 Å². The van der Waals surface area contributed by atoms with E-state index in [1.54, 1.807) is 0 Å². The number of rotatable bonds is 0. The topological polar surface area (TPSA) is 23.6 Å². The van der Waals surface area contributed by atoms with E-state index in [2.05, 4.69) is 9.80 Å². The van der Waals surface area contributed by atoms with Gasteiger partial charge in [-0.15, -0.1) is 0 Å². The van der Waals surface area contributed by atoms with Crippen molar-refractivity contribution in [2.45, 2.75) is 57.0 Å². The van der Waals surface area contributed by atoms with Crippen LogP contribution in [0, 0.1) is 11.8 Å². The van der Waals surface area contributed by atoms with Gasteiger partial charge in [0.1, 0.15) is 0 Å². The minimum Gasteiger partial charge on any atom is -0.339 e. The molecule has 0 aromatic rings. The maximum atomic E-state index is 12.2. The van der Waals surface area contributed by atoms with Crippen LogP contribution < -0.4 is 0 Å². The predicted octanol–water partition coefficient (Wildman–Crippen LogP) is 1.87. The van der Waals surface area contributed by atoms with Crippen LogP contribution in [0.3, 0.4) is 0 Å². The summed E-state index contributed by atoms with van der Waals surface area (Å²) >= 11 is 0. The van der Waals surface area contributed by atoms with Crippen LogP contribution in [-0.2, 0) is 4.79 Å². The Bertz CT molecular complexity index is 354. The molecule has 0 aromatic heterocycles. The lowest BCUT2D eigenvalue weighted by atomic mass is 9.68. The molecule has 4 rings (SSSR count). The monoisotopic (exact) mass is 248 g/mol. The zero-order valence-electron chi connectivity index (χ0n) is 11.2. The standard InChI is InChI=1S/C15H24N2O/c18-14-7-1-6-13-12-5-3-9-16-8-2-4-11(15(12)16)10-17(13)14/h11-13,15H,1-10H2/t11-,12+,13?,15-/m0/s1. The van der Waals surface area contributed by atoms with E-state index in [0.717, 1.165) is 37.3 Å². The Labute approximate surface area is 110 Å². The molecule has 4 saturated heterocycles. The Hall–Kier alpha value is -0.570. The molecular weight excluding hydrogens is 224 g/mol. The van der Waals surface area contributed by atoms with Gasteiger partial charge in [-0.25, -0.2) is 0 Å². The van der Waals surface area contributed by atoms with Crippen molar-refractivity contribution in [2.75, 3.05) is 19.6 Å². The fraction of sp³-hybridized carbons (Fsp3) is 0.933. The summed E-state index contributed by atoms with van der Waals surface area (Å²) in [4.78, 5) is 17.2. The van der Waals surface area contributed by atoms with Gasteiger partial charge >= 0.3 is 0 Å². The summed E-state index contributed by atoms with van der Waals surface area (Å²) < 4.78 is 0. The highest BCUT2D eigenvalue weighted by Gasteiger charge is 2.50. The van der Waals surface area contributed by atoms with E-state index in [-0.39, 0.29) is 0 Å². The summed E-state index contributed by atoms with van der Waals surface area (Å²) in [6.07, 6.45) is 8.64. The van der Waals surface area contributed by atoms with Crippen LogP contribution in [0.2, 0.25) is 0 Å². The number of piperidine rings is 4. The minimum atomic E-state index is 0.451. The first-order valence-electron chi connectivity index (χ1n) is 7.88. The number of amides is 1. The Morgan fingerprint density at radius 3 is 2.72 bits per heavy atom. The number of hydrogen-bond donors (Lipinski definition) is 0. The maximum absolute atomic E-state index is 12.2. The summed E-state index contributed by atoms with van der Waals surface area (Å²) in [5.41, 5.74) is 0. The van der Waals surface area contributed by atoms with Crippen molar-refractivity contribution in [1.29, 1.82) is 0 Å². The van der Waals surface area contributed by atoms with Gasteiger partial charge in [0, 0.05) is 25.0 Å². The van der Waals surface area contributed by atoms with E-state index in [9.17, 15) is 4.79 Å². The number of fused-ring (bicyclic) bond motifs is 2. The molecule has 18 heavy (non-hydrogen) atoms. The third-order valence-electron chi connectivity index (χ3n) is 5.88. The lowest BCUT2D eigenvalue weighted by molar-refractivity contribution is -0.150. The first kappa shape index (κ1) is 11.3. The van der Waals surface area contributed by atoms with Crippen molar-refractivity contribution in [1.82, 2.24) is 9.80 Å². The molecule has 0 radical (unpaired) electrons. The van der Waals surface area contributed by atoms with Crippen molar-refractivity contribution < 1.29 is 4.79 Å².